The van der Waals surface area contributed by atoms with Gasteiger partial charge in [0.15, 0.2) is 0 Å². The van der Waals surface area contributed by atoms with Crippen molar-refractivity contribution in [3.05, 3.63) is 87.3 Å². The summed E-state index contributed by atoms with van der Waals surface area (Å²) in [4.78, 5) is 17.3. The van der Waals surface area contributed by atoms with Gasteiger partial charge in [0.25, 0.3) is 5.56 Å². The Morgan fingerprint density at radius 1 is 0.964 bits per heavy atom. The summed E-state index contributed by atoms with van der Waals surface area (Å²) in [5, 5.41) is 4.58. The molecule has 0 N–H and O–H groups in total. The molecule has 0 radical (unpaired) electrons. The zero-order valence-corrected chi connectivity index (χ0v) is 16.6. The first-order chi connectivity index (χ1) is 13.6. The number of aromatic nitrogens is 2. The fourth-order valence-corrected chi connectivity index (χ4v) is 3.82. The summed E-state index contributed by atoms with van der Waals surface area (Å²) in [6.07, 6.45) is 1.70. The van der Waals surface area contributed by atoms with Crippen LogP contribution in [-0.4, -0.2) is 40.9 Å². The lowest BCUT2D eigenvalue weighted by atomic mass is 10.1. The number of hydrogen-bond acceptors (Lipinski definition) is 4. The highest BCUT2D eigenvalue weighted by molar-refractivity contribution is 6.33. The third kappa shape index (κ3) is 3.81. The minimum atomic E-state index is -0.285. The summed E-state index contributed by atoms with van der Waals surface area (Å²) in [6, 6.07) is 17.8. The van der Waals surface area contributed by atoms with Crippen LogP contribution in [0.5, 0.6) is 0 Å². The van der Waals surface area contributed by atoms with Gasteiger partial charge in [0, 0.05) is 32.7 Å². The first-order valence-electron chi connectivity index (χ1n) is 9.48. The molecule has 0 saturated carbocycles. The van der Waals surface area contributed by atoms with Gasteiger partial charge in [-0.2, -0.15) is 9.78 Å². The molecule has 3 aromatic rings. The largest absolute Gasteiger partial charge is 0.366 e. The molecular formula is C22H23ClN4O. The lowest BCUT2D eigenvalue weighted by Gasteiger charge is -2.36. The lowest BCUT2D eigenvalue weighted by molar-refractivity contribution is 0.249. The first kappa shape index (κ1) is 18.7. The van der Waals surface area contributed by atoms with Crippen LogP contribution in [0.25, 0.3) is 5.69 Å². The van der Waals surface area contributed by atoms with Crippen LogP contribution in [-0.2, 0) is 6.54 Å². The Morgan fingerprint density at radius 3 is 2.36 bits per heavy atom. The molecule has 6 heteroatoms. The molecule has 0 amide bonds. The minimum Gasteiger partial charge on any atom is -0.366 e. The maximum atomic E-state index is 12.7. The van der Waals surface area contributed by atoms with Gasteiger partial charge in [-0.1, -0.05) is 54.1 Å². The predicted molar refractivity (Wildman–Crippen MR) is 114 cm³/mol. The monoisotopic (exact) mass is 394 g/mol. The minimum absolute atomic E-state index is 0.228. The average molecular weight is 395 g/mol. The molecular weight excluding hydrogens is 372 g/mol. The number of hydrogen-bond donors (Lipinski definition) is 0. The quantitative estimate of drug-likeness (QED) is 0.679. The highest BCUT2D eigenvalue weighted by Gasteiger charge is 2.21. The molecule has 1 fully saturated rings. The first-order valence-corrected chi connectivity index (χ1v) is 9.86. The lowest BCUT2D eigenvalue weighted by Crippen LogP contribution is -2.46. The summed E-state index contributed by atoms with van der Waals surface area (Å²) in [7, 11) is 0. The Morgan fingerprint density at radius 2 is 1.64 bits per heavy atom. The molecule has 0 bridgehead atoms. The van der Waals surface area contributed by atoms with Crippen molar-refractivity contribution < 1.29 is 0 Å². The molecule has 2 heterocycles. The van der Waals surface area contributed by atoms with Crippen LogP contribution in [0.2, 0.25) is 5.02 Å². The van der Waals surface area contributed by atoms with Crippen LogP contribution < -0.4 is 10.5 Å². The third-order valence-corrected chi connectivity index (χ3v) is 5.62. The van der Waals surface area contributed by atoms with E-state index in [1.165, 1.54) is 15.8 Å². The van der Waals surface area contributed by atoms with Gasteiger partial charge in [-0.15, -0.1) is 0 Å². The van der Waals surface area contributed by atoms with E-state index in [0.717, 1.165) is 38.4 Å². The topological polar surface area (TPSA) is 41.4 Å². The second-order valence-corrected chi connectivity index (χ2v) is 7.46. The number of rotatable bonds is 4. The van der Waals surface area contributed by atoms with Crippen LogP contribution in [0.15, 0.2) is 65.6 Å². The van der Waals surface area contributed by atoms with Gasteiger partial charge in [-0.25, -0.2) is 0 Å². The zero-order chi connectivity index (χ0) is 19.5. The van der Waals surface area contributed by atoms with Crippen LogP contribution in [0, 0.1) is 6.92 Å². The molecule has 1 aliphatic heterocycles. The van der Waals surface area contributed by atoms with Crippen molar-refractivity contribution >= 4 is 17.3 Å². The van der Waals surface area contributed by atoms with E-state index in [4.69, 9.17) is 11.6 Å². The molecule has 2 aromatic carbocycles. The smallest absolute Gasteiger partial charge is 0.292 e. The molecule has 144 valence electrons. The van der Waals surface area contributed by atoms with E-state index in [1.807, 2.05) is 30.3 Å². The Hall–Kier alpha value is -2.63. The van der Waals surface area contributed by atoms with E-state index in [0.29, 0.717) is 5.69 Å². The highest BCUT2D eigenvalue weighted by Crippen LogP contribution is 2.23. The van der Waals surface area contributed by atoms with Crippen molar-refractivity contribution in [1.29, 1.82) is 0 Å². The van der Waals surface area contributed by atoms with Crippen molar-refractivity contribution in [3.63, 3.8) is 0 Å². The fraction of sp³-hybridized carbons (Fsp3) is 0.273. The molecule has 4 rings (SSSR count). The van der Waals surface area contributed by atoms with E-state index in [1.54, 1.807) is 6.20 Å². The van der Waals surface area contributed by atoms with Crippen LogP contribution in [0.1, 0.15) is 11.1 Å². The predicted octanol–water partition coefficient (Wildman–Crippen LogP) is 3.52. The Kier molecular flexibility index (Phi) is 5.46. The molecule has 1 aromatic heterocycles. The van der Waals surface area contributed by atoms with E-state index < -0.39 is 0 Å². The molecule has 0 aliphatic carbocycles. The Labute approximate surface area is 169 Å². The number of nitrogens with zero attached hydrogens (tertiary/aromatic N) is 4. The molecule has 28 heavy (non-hydrogen) atoms. The highest BCUT2D eigenvalue weighted by atomic mass is 35.5. The van der Waals surface area contributed by atoms with Crippen molar-refractivity contribution in [2.45, 2.75) is 13.5 Å². The number of halogens is 1. The Bertz CT molecular complexity index is 1010. The SMILES string of the molecule is Cc1ccccc1CN1CCN(c2cnn(-c3ccccc3)c(=O)c2Cl)CC1. The van der Waals surface area contributed by atoms with Crippen molar-refractivity contribution in [2.24, 2.45) is 0 Å². The number of para-hydroxylation sites is 1. The third-order valence-electron chi connectivity index (χ3n) is 5.27. The zero-order valence-electron chi connectivity index (χ0n) is 15.9. The number of anilines is 1. The van der Waals surface area contributed by atoms with Crippen LogP contribution in [0.3, 0.4) is 0 Å². The van der Waals surface area contributed by atoms with Gasteiger partial charge >= 0.3 is 0 Å². The molecule has 1 saturated heterocycles. The number of aryl methyl sites for hydroxylation is 1. The second-order valence-electron chi connectivity index (χ2n) is 7.09. The van der Waals surface area contributed by atoms with Crippen LogP contribution >= 0.6 is 11.6 Å². The van der Waals surface area contributed by atoms with Crippen LogP contribution in [0.4, 0.5) is 5.69 Å². The van der Waals surface area contributed by atoms with Gasteiger partial charge in [0.05, 0.1) is 17.6 Å². The number of benzene rings is 2. The summed E-state index contributed by atoms with van der Waals surface area (Å²) in [5.74, 6) is 0. The van der Waals surface area contributed by atoms with Crippen molar-refractivity contribution in [1.82, 2.24) is 14.7 Å². The summed E-state index contributed by atoms with van der Waals surface area (Å²) in [5.41, 5.74) is 3.83. The maximum absolute atomic E-state index is 12.7. The summed E-state index contributed by atoms with van der Waals surface area (Å²) >= 11 is 6.44. The average Bonchev–Trinajstić information content (AvgIpc) is 2.73. The molecule has 0 spiro atoms. The van der Waals surface area contributed by atoms with E-state index in [9.17, 15) is 4.79 Å². The summed E-state index contributed by atoms with van der Waals surface area (Å²) in [6.45, 7) is 6.59. The van der Waals surface area contributed by atoms with Gasteiger partial charge in [-0.3, -0.25) is 9.69 Å². The molecule has 0 unspecified atom stereocenters. The van der Waals surface area contributed by atoms with Crippen molar-refractivity contribution in [3.8, 4) is 5.69 Å². The Balaban J connectivity index is 1.47. The molecule has 0 atom stereocenters. The second kappa shape index (κ2) is 8.17. The standard InChI is InChI=1S/C22H23ClN4O/c1-17-7-5-6-8-18(17)16-25-11-13-26(14-12-25)20-15-24-27(22(28)21(20)23)19-9-3-2-4-10-19/h2-10,15H,11-14,16H2,1H3. The van der Waals surface area contributed by atoms with Gasteiger partial charge in [0.2, 0.25) is 0 Å². The summed E-state index contributed by atoms with van der Waals surface area (Å²) < 4.78 is 1.35. The normalized spacial score (nSPS) is 15.0. The van der Waals surface area contributed by atoms with E-state index in [2.05, 4.69) is 46.1 Å². The van der Waals surface area contributed by atoms with Crippen molar-refractivity contribution in [2.75, 3.05) is 31.1 Å². The number of piperazine rings is 1. The van der Waals surface area contributed by atoms with E-state index in [-0.39, 0.29) is 10.6 Å². The maximum Gasteiger partial charge on any atom is 0.292 e. The fourth-order valence-electron chi connectivity index (χ4n) is 3.57. The van der Waals surface area contributed by atoms with E-state index >= 15 is 0 Å². The molecule has 5 nitrogen and oxygen atoms in total. The molecule has 1 aliphatic rings. The van der Waals surface area contributed by atoms with Gasteiger partial charge in [-0.05, 0) is 30.2 Å². The van der Waals surface area contributed by atoms with Gasteiger partial charge in [0.1, 0.15) is 5.02 Å². The van der Waals surface area contributed by atoms with Gasteiger partial charge < -0.3 is 4.90 Å².